The summed E-state index contributed by atoms with van der Waals surface area (Å²) in [6, 6.07) is 23.2. The topological polar surface area (TPSA) is 23.8 Å². The van der Waals surface area contributed by atoms with E-state index in [1.165, 1.54) is 11.1 Å². The summed E-state index contributed by atoms with van der Waals surface area (Å²) in [6.07, 6.45) is 5.06. The first kappa shape index (κ1) is 11.7. The van der Waals surface area contributed by atoms with E-state index >= 15 is 0 Å². The van der Waals surface area contributed by atoms with Crippen molar-refractivity contribution in [2.24, 2.45) is 5.92 Å². The van der Waals surface area contributed by atoms with Crippen LogP contribution in [0.25, 0.3) is 0 Å². The van der Waals surface area contributed by atoms with Crippen molar-refractivity contribution in [3.63, 3.8) is 0 Å². The Bertz CT molecular complexity index is 580. The number of hydrogen-bond donors (Lipinski definition) is 0. The Morgan fingerprint density at radius 1 is 0.895 bits per heavy atom. The molecular weight excluding hydrogens is 230 g/mol. The molecule has 0 saturated heterocycles. The first-order chi connectivity index (χ1) is 9.38. The Morgan fingerprint density at radius 2 is 1.42 bits per heavy atom. The number of rotatable bonds is 2. The lowest BCUT2D eigenvalue weighted by atomic mass is 9.67. The number of nitrogens with zero attached hydrogens (tertiary/aromatic N) is 1. The molecule has 92 valence electrons. The highest BCUT2D eigenvalue weighted by molar-refractivity contribution is 5.46. The van der Waals surface area contributed by atoms with Gasteiger partial charge in [-0.05, 0) is 17.5 Å². The van der Waals surface area contributed by atoms with Crippen LogP contribution in [0.2, 0.25) is 0 Å². The lowest BCUT2D eigenvalue weighted by Crippen LogP contribution is -2.31. The van der Waals surface area contributed by atoms with Crippen molar-refractivity contribution in [3.05, 3.63) is 83.9 Å². The summed E-state index contributed by atoms with van der Waals surface area (Å²) >= 11 is 0. The van der Waals surface area contributed by atoms with Gasteiger partial charge in [-0.15, -0.1) is 0 Å². The highest BCUT2D eigenvalue weighted by Gasteiger charge is 2.43. The summed E-state index contributed by atoms with van der Waals surface area (Å²) < 4.78 is 0. The van der Waals surface area contributed by atoms with E-state index in [1.807, 2.05) is 42.5 Å². The van der Waals surface area contributed by atoms with Gasteiger partial charge in [0.15, 0.2) is 0 Å². The molecule has 0 aliphatic heterocycles. The monoisotopic (exact) mass is 245 g/mol. The molecule has 1 unspecified atom stereocenters. The molecule has 0 bridgehead atoms. The van der Waals surface area contributed by atoms with Gasteiger partial charge < -0.3 is 0 Å². The van der Waals surface area contributed by atoms with Gasteiger partial charge in [0.2, 0.25) is 0 Å². The van der Waals surface area contributed by atoms with Crippen molar-refractivity contribution in [2.45, 2.75) is 11.8 Å². The zero-order chi connectivity index (χ0) is 13.1. The number of nitriles is 1. The minimum absolute atomic E-state index is 0.0997. The van der Waals surface area contributed by atoms with Crippen LogP contribution in [0.1, 0.15) is 17.5 Å². The second-order valence-corrected chi connectivity index (χ2v) is 4.94. The van der Waals surface area contributed by atoms with E-state index in [1.54, 1.807) is 0 Å². The van der Waals surface area contributed by atoms with Gasteiger partial charge in [-0.25, -0.2) is 0 Å². The molecule has 0 aromatic heterocycles. The van der Waals surface area contributed by atoms with Gasteiger partial charge in [-0.1, -0.05) is 72.8 Å². The summed E-state index contributed by atoms with van der Waals surface area (Å²) in [6.45, 7) is 0. The van der Waals surface area contributed by atoms with Crippen LogP contribution < -0.4 is 0 Å². The van der Waals surface area contributed by atoms with Crippen molar-refractivity contribution in [1.29, 1.82) is 5.26 Å². The van der Waals surface area contributed by atoms with Crippen LogP contribution in [0.15, 0.2) is 72.8 Å². The van der Waals surface area contributed by atoms with E-state index < -0.39 is 0 Å². The normalized spacial score (nSPS) is 20.1. The Balaban J connectivity index is 2.21. The van der Waals surface area contributed by atoms with Crippen LogP contribution in [-0.4, -0.2) is 0 Å². The Kier molecular flexibility index (Phi) is 2.93. The third-order valence-electron chi connectivity index (χ3n) is 4.02. The molecule has 0 fully saturated rings. The third-order valence-corrected chi connectivity index (χ3v) is 4.02. The first-order valence-corrected chi connectivity index (χ1v) is 6.55. The standard InChI is InChI=1S/C18H15N/c19-14-17-12-7-13-18(17,15-8-3-1-4-9-15)16-10-5-2-6-11-16/h1-12,17H,13H2. The summed E-state index contributed by atoms with van der Waals surface area (Å²) in [5.74, 6) is -0.0997. The smallest absolute Gasteiger partial charge is 0.0783 e. The molecule has 1 aliphatic carbocycles. The van der Waals surface area contributed by atoms with Crippen LogP contribution >= 0.6 is 0 Å². The fourth-order valence-corrected chi connectivity index (χ4v) is 3.07. The number of hydrogen-bond acceptors (Lipinski definition) is 1. The molecule has 0 N–H and O–H groups in total. The molecule has 0 spiro atoms. The molecule has 1 heteroatoms. The predicted octanol–water partition coefficient (Wildman–Crippen LogP) is 4.07. The molecule has 1 aliphatic rings. The van der Waals surface area contributed by atoms with Crippen LogP contribution in [0.4, 0.5) is 0 Å². The zero-order valence-corrected chi connectivity index (χ0v) is 10.7. The Hall–Kier alpha value is -2.33. The molecule has 2 aromatic rings. The lowest BCUT2D eigenvalue weighted by molar-refractivity contribution is 0.480. The van der Waals surface area contributed by atoms with Crippen molar-refractivity contribution < 1.29 is 0 Å². The average molecular weight is 245 g/mol. The number of allylic oxidation sites excluding steroid dienone is 2. The molecule has 1 atom stereocenters. The molecule has 0 heterocycles. The van der Waals surface area contributed by atoms with Gasteiger partial charge >= 0.3 is 0 Å². The molecule has 1 nitrogen and oxygen atoms in total. The molecule has 2 aromatic carbocycles. The first-order valence-electron chi connectivity index (χ1n) is 6.55. The van der Waals surface area contributed by atoms with E-state index in [2.05, 4.69) is 36.4 Å². The summed E-state index contributed by atoms with van der Waals surface area (Å²) in [5.41, 5.74) is 2.22. The Morgan fingerprint density at radius 3 is 1.89 bits per heavy atom. The quantitative estimate of drug-likeness (QED) is 0.731. The largest absolute Gasteiger partial charge is 0.198 e. The van der Waals surface area contributed by atoms with Crippen molar-refractivity contribution in [3.8, 4) is 6.07 Å². The summed E-state index contributed by atoms with van der Waals surface area (Å²) in [7, 11) is 0. The number of benzene rings is 2. The third kappa shape index (κ3) is 1.77. The molecule has 19 heavy (non-hydrogen) atoms. The second kappa shape index (κ2) is 4.74. The van der Waals surface area contributed by atoms with Crippen LogP contribution in [0.5, 0.6) is 0 Å². The van der Waals surface area contributed by atoms with Gasteiger partial charge in [0.1, 0.15) is 0 Å². The average Bonchev–Trinajstić information content (AvgIpc) is 2.94. The fraction of sp³-hybridized carbons (Fsp3) is 0.167. The fourth-order valence-electron chi connectivity index (χ4n) is 3.07. The zero-order valence-electron chi connectivity index (χ0n) is 10.7. The molecule has 0 saturated carbocycles. The van der Waals surface area contributed by atoms with Gasteiger partial charge in [0.25, 0.3) is 0 Å². The summed E-state index contributed by atoms with van der Waals surface area (Å²) in [4.78, 5) is 0. The maximum Gasteiger partial charge on any atom is 0.0783 e. The molecular formula is C18H15N. The highest BCUT2D eigenvalue weighted by Crippen LogP contribution is 2.46. The van der Waals surface area contributed by atoms with E-state index in [9.17, 15) is 5.26 Å². The molecule has 0 amide bonds. The molecule has 3 rings (SSSR count). The summed E-state index contributed by atoms with van der Waals surface area (Å²) in [5, 5.41) is 9.52. The predicted molar refractivity (Wildman–Crippen MR) is 76.5 cm³/mol. The van der Waals surface area contributed by atoms with Gasteiger partial charge in [-0.2, -0.15) is 5.26 Å². The van der Waals surface area contributed by atoms with E-state index in [-0.39, 0.29) is 11.3 Å². The van der Waals surface area contributed by atoms with Crippen LogP contribution in [-0.2, 0) is 5.41 Å². The van der Waals surface area contributed by atoms with E-state index in [4.69, 9.17) is 0 Å². The highest BCUT2D eigenvalue weighted by atomic mass is 14.5. The maximum absolute atomic E-state index is 9.52. The van der Waals surface area contributed by atoms with Gasteiger partial charge in [-0.3, -0.25) is 0 Å². The van der Waals surface area contributed by atoms with Crippen LogP contribution in [0, 0.1) is 17.2 Å². The minimum Gasteiger partial charge on any atom is -0.198 e. The van der Waals surface area contributed by atoms with Crippen molar-refractivity contribution >= 4 is 0 Å². The van der Waals surface area contributed by atoms with Crippen LogP contribution in [0.3, 0.4) is 0 Å². The minimum atomic E-state index is -0.225. The molecule has 0 radical (unpaired) electrons. The Labute approximate surface area is 113 Å². The van der Waals surface area contributed by atoms with E-state index in [0.29, 0.717) is 0 Å². The van der Waals surface area contributed by atoms with Crippen molar-refractivity contribution in [2.75, 3.05) is 0 Å². The van der Waals surface area contributed by atoms with Gasteiger partial charge in [0.05, 0.1) is 12.0 Å². The maximum atomic E-state index is 9.52. The SMILES string of the molecule is N#CC1C=CCC1(c1ccccc1)c1ccccc1. The van der Waals surface area contributed by atoms with E-state index in [0.717, 1.165) is 6.42 Å². The lowest BCUT2D eigenvalue weighted by Gasteiger charge is -2.33. The van der Waals surface area contributed by atoms with Gasteiger partial charge in [0, 0.05) is 5.41 Å². The second-order valence-electron chi connectivity index (χ2n) is 4.94. The van der Waals surface area contributed by atoms with Crippen molar-refractivity contribution in [1.82, 2.24) is 0 Å².